The molecule has 6 N–H and O–H groups in total. The summed E-state index contributed by atoms with van der Waals surface area (Å²) in [7, 11) is 0. The maximum Gasteiger partial charge on any atom is 0.303 e. The molecular weight excluding hydrogens is 452 g/mol. The molecule has 15 heteroatoms. The Kier molecular flexibility index (Phi) is 9.85. The second-order valence-corrected chi connectivity index (χ2v) is 8.04. The predicted octanol–water partition coefficient (Wildman–Crippen LogP) is -2.71. The van der Waals surface area contributed by atoms with Crippen LogP contribution < -0.4 is 16.0 Å². The van der Waals surface area contributed by atoms with Gasteiger partial charge in [0.2, 0.25) is 23.6 Å². The fraction of sp³-hybridized carbons (Fsp3) is 0.684. The zero-order chi connectivity index (χ0) is 25.3. The van der Waals surface area contributed by atoms with E-state index >= 15 is 0 Å². The number of aromatic amines is 1. The SMILES string of the molecule is CC[C@H](C)[C@H](NC(=O)CCC(=O)O)C(=O)NCC(=O)N1C[C@@H](O)C[C@H]1C(=O)NCc1nn[nH]n1. The van der Waals surface area contributed by atoms with Gasteiger partial charge in [-0.25, -0.2) is 0 Å². The van der Waals surface area contributed by atoms with Gasteiger partial charge in [0.25, 0.3) is 0 Å². The van der Waals surface area contributed by atoms with Crippen molar-refractivity contribution in [2.45, 2.75) is 64.3 Å². The van der Waals surface area contributed by atoms with Crippen molar-refractivity contribution in [3.05, 3.63) is 5.82 Å². The average molecular weight is 482 g/mol. The quantitative estimate of drug-likeness (QED) is 0.181. The van der Waals surface area contributed by atoms with E-state index in [0.29, 0.717) is 6.42 Å². The number of aliphatic hydroxyl groups excluding tert-OH is 1. The Morgan fingerprint density at radius 3 is 2.56 bits per heavy atom. The third-order valence-electron chi connectivity index (χ3n) is 5.50. The lowest BCUT2D eigenvalue weighted by Crippen LogP contribution is -2.53. The van der Waals surface area contributed by atoms with Crippen molar-refractivity contribution in [3.63, 3.8) is 0 Å². The van der Waals surface area contributed by atoms with Gasteiger partial charge < -0.3 is 31.1 Å². The standard InChI is InChI=1S/C19H30N8O7/c1-3-10(2)17(22-14(29)4-5-16(31)32)19(34)21-8-15(30)27-9-11(28)6-12(27)18(33)20-7-13-23-25-26-24-13/h10-12,17,28H,3-9H2,1-2H3,(H,20,33)(H,21,34)(H,22,29)(H,31,32)(H,23,24,25,26)/t10-,11-,12-,17-/m0/s1. The zero-order valence-electron chi connectivity index (χ0n) is 19.0. The molecule has 4 amide bonds. The van der Waals surface area contributed by atoms with Crippen molar-refractivity contribution in [2.75, 3.05) is 13.1 Å². The molecule has 15 nitrogen and oxygen atoms in total. The van der Waals surface area contributed by atoms with Gasteiger partial charge in [-0.05, 0) is 5.92 Å². The van der Waals surface area contributed by atoms with Crippen LogP contribution in [0.15, 0.2) is 0 Å². The molecule has 2 rings (SSSR count). The van der Waals surface area contributed by atoms with E-state index < -0.39 is 54.3 Å². The highest BCUT2D eigenvalue weighted by molar-refractivity contribution is 5.93. The highest BCUT2D eigenvalue weighted by atomic mass is 16.4. The number of aliphatic hydroxyl groups is 1. The Hall–Kier alpha value is -3.62. The van der Waals surface area contributed by atoms with Crippen molar-refractivity contribution in [3.8, 4) is 0 Å². The molecule has 1 aliphatic heterocycles. The van der Waals surface area contributed by atoms with E-state index in [2.05, 4.69) is 36.6 Å². The van der Waals surface area contributed by atoms with Gasteiger partial charge in [0.1, 0.15) is 12.1 Å². The molecule has 34 heavy (non-hydrogen) atoms. The second-order valence-electron chi connectivity index (χ2n) is 8.04. The van der Waals surface area contributed by atoms with Crippen LogP contribution in [0.3, 0.4) is 0 Å². The van der Waals surface area contributed by atoms with E-state index in [1.165, 1.54) is 4.90 Å². The van der Waals surface area contributed by atoms with Gasteiger partial charge >= 0.3 is 5.97 Å². The molecule has 0 radical (unpaired) electrons. The van der Waals surface area contributed by atoms with Crippen LogP contribution in [-0.2, 0) is 30.5 Å². The maximum absolute atomic E-state index is 12.7. The minimum Gasteiger partial charge on any atom is -0.481 e. The molecule has 1 fully saturated rings. The summed E-state index contributed by atoms with van der Waals surface area (Å²) in [5, 5.41) is 39.3. The number of β-amino-alcohol motifs (C(OH)–C–C–N with tert-alkyl or cyclic N) is 1. The summed E-state index contributed by atoms with van der Waals surface area (Å²) in [6.45, 7) is 3.03. The Bertz CT molecular complexity index is 878. The zero-order valence-corrected chi connectivity index (χ0v) is 19.0. The van der Waals surface area contributed by atoms with E-state index in [0.717, 1.165) is 0 Å². The van der Waals surface area contributed by atoms with Crippen LogP contribution in [0.4, 0.5) is 0 Å². The number of hydrogen-bond acceptors (Lipinski definition) is 9. The summed E-state index contributed by atoms with van der Waals surface area (Å²) < 4.78 is 0. The van der Waals surface area contributed by atoms with Crippen LogP contribution in [-0.4, -0.2) is 96.6 Å². The fourth-order valence-corrected chi connectivity index (χ4v) is 3.42. The summed E-state index contributed by atoms with van der Waals surface area (Å²) in [5.74, 6) is -3.44. The number of carboxylic acids is 1. The lowest BCUT2D eigenvalue weighted by atomic mass is 9.98. The number of carbonyl (C=O) groups is 5. The van der Waals surface area contributed by atoms with E-state index in [4.69, 9.17) is 5.11 Å². The number of aliphatic carboxylic acids is 1. The van der Waals surface area contributed by atoms with E-state index in [9.17, 15) is 29.1 Å². The van der Waals surface area contributed by atoms with Gasteiger partial charge in [-0.15, -0.1) is 10.2 Å². The fourth-order valence-electron chi connectivity index (χ4n) is 3.42. The van der Waals surface area contributed by atoms with Crippen LogP contribution in [0.5, 0.6) is 0 Å². The summed E-state index contributed by atoms with van der Waals surface area (Å²) >= 11 is 0. The number of nitrogens with zero attached hydrogens (tertiary/aromatic N) is 4. The number of hydrogen-bond donors (Lipinski definition) is 6. The normalized spacial score (nSPS) is 19.2. The minimum atomic E-state index is -1.13. The van der Waals surface area contributed by atoms with Crippen LogP contribution >= 0.6 is 0 Å². The highest BCUT2D eigenvalue weighted by Crippen LogP contribution is 2.18. The maximum atomic E-state index is 12.7. The van der Waals surface area contributed by atoms with Gasteiger partial charge in [-0.2, -0.15) is 5.21 Å². The van der Waals surface area contributed by atoms with Crippen molar-refractivity contribution in [2.24, 2.45) is 5.92 Å². The molecule has 2 heterocycles. The molecule has 1 aromatic rings. The van der Waals surface area contributed by atoms with Gasteiger partial charge in [-0.1, -0.05) is 25.5 Å². The number of aromatic nitrogens is 4. The number of carboxylic acid groups (broad SMARTS) is 1. The largest absolute Gasteiger partial charge is 0.481 e. The van der Waals surface area contributed by atoms with E-state index in [1.807, 2.05) is 6.92 Å². The van der Waals surface area contributed by atoms with Crippen molar-refractivity contribution in [1.29, 1.82) is 0 Å². The Morgan fingerprint density at radius 1 is 1.21 bits per heavy atom. The Balaban J connectivity index is 1.93. The van der Waals surface area contributed by atoms with Crippen LogP contribution in [0, 0.1) is 5.92 Å². The third kappa shape index (κ3) is 7.75. The average Bonchev–Trinajstić information content (AvgIpc) is 3.46. The summed E-state index contributed by atoms with van der Waals surface area (Å²) in [6, 6.07) is -1.90. The lowest BCUT2D eigenvalue weighted by molar-refractivity contribution is -0.140. The molecule has 1 aliphatic rings. The molecule has 4 atom stereocenters. The lowest BCUT2D eigenvalue weighted by Gasteiger charge is -2.26. The molecule has 0 unspecified atom stereocenters. The molecule has 0 saturated carbocycles. The number of amides is 4. The Labute approximate surface area is 195 Å². The summed E-state index contributed by atoms with van der Waals surface area (Å²) in [6.07, 6.45) is -0.964. The number of carbonyl (C=O) groups excluding carboxylic acids is 4. The summed E-state index contributed by atoms with van der Waals surface area (Å²) in [4.78, 5) is 61.8. The first-order valence-electron chi connectivity index (χ1n) is 10.9. The molecule has 0 aromatic carbocycles. The summed E-state index contributed by atoms with van der Waals surface area (Å²) in [5.41, 5.74) is 0. The first kappa shape index (κ1) is 26.6. The third-order valence-corrected chi connectivity index (χ3v) is 5.50. The molecule has 1 aromatic heterocycles. The first-order valence-corrected chi connectivity index (χ1v) is 10.9. The van der Waals surface area contributed by atoms with Gasteiger partial charge in [-0.3, -0.25) is 24.0 Å². The molecule has 0 aliphatic carbocycles. The number of H-pyrrole nitrogens is 1. The number of rotatable bonds is 12. The molecule has 0 bridgehead atoms. The number of nitrogens with one attached hydrogen (secondary N) is 4. The second kappa shape index (κ2) is 12.6. The van der Waals surface area contributed by atoms with Crippen molar-refractivity contribution >= 4 is 29.6 Å². The van der Waals surface area contributed by atoms with Gasteiger partial charge in [0.15, 0.2) is 5.82 Å². The molecular formula is C19H30N8O7. The highest BCUT2D eigenvalue weighted by Gasteiger charge is 2.39. The van der Waals surface area contributed by atoms with Crippen molar-refractivity contribution < 1.29 is 34.2 Å². The van der Waals surface area contributed by atoms with Crippen molar-refractivity contribution in [1.82, 2.24) is 41.5 Å². The van der Waals surface area contributed by atoms with E-state index in [-0.39, 0.29) is 44.1 Å². The first-order chi connectivity index (χ1) is 16.1. The smallest absolute Gasteiger partial charge is 0.303 e. The molecule has 1 saturated heterocycles. The monoisotopic (exact) mass is 482 g/mol. The Morgan fingerprint density at radius 2 is 1.94 bits per heavy atom. The van der Waals surface area contributed by atoms with Gasteiger partial charge in [0, 0.05) is 19.4 Å². The predicted molar refractivity (Wildman–Crippen MR) is 113 cm³/mol. The van der Waals surface area contributed by atoms with E-state index in [1.54, 1.807) is 6.92 Å². The van der Waals surface area contributed by atoms with Crippen LogP contribution in [0.2, 0.25) is 0 Å². The van der Waals surface area contributed by atoms with Gasteiger partial charge in [0.05, 0.1) is 25.6 Å². The van der Waals surface area contributed by atoms with Crippen LogP contribution in [0.25, 0.3) is 0 Å². The topological polar surface area (TPSA) is 220 Å². The minimum absolute atomic E-state index is 0.0150. The number of likely N-dealkylation sites (tertiary alicyclic amines) is 1. The van der Waals surface area contributed by atoms with Crippen LogP contribution in [0.1, 0.15) is 45.4 Å². The molecule has 0 spiro atoms. The number of tetrazole rings is 1. The molecule has 188 valence electrons.